The van der Waals surface area contributed by atoms with Crippen LogP contribution in [-0.4, -0.2) is 17.8 Å². The smallest absolute Gasteiger partial charge is 0.105 e. The molecule has 0 aliphatic heterocycles. The molecule has 0 aliphatic rings. The van der Waals surface area contributed by atoms with Crippen LogP contribution < -0.4 is 5.32 Å². The highest BCUT2D eigenvalue weighted by molar-refractivity contribution is 5.23. The van der Waals surface area contributed by atoms with Gasteiger partial charge in [-0.2, -0.15) is 0 Å². The molecule has 0 amide bonds. The fourth-order valence-electron chi connectivity index (χ4n) is 1.94. The van der Waals surface area contributed by atoms with E-state index in [0.717, 1.165) is 24.4 Å². The molecular weight excluding hydrogens is 202 g/mol. The highest BCUT2D eigenvalue weighted by Crippen LogP contribution is 2.21. The molecular formula is C13H23NO2. The minimum Gasteiger partial charge on any atom is -0.466 e. The van der Waals surface area contributed by atoms with Crippen LogP contribution in [0.4, 0.5) is 0 Å². The topological polar surface area (TPSA) is 45.4 Å². The second-order valence-electron chi connectivity index (χ2n) is 4.44. The van der Waals surface area contributed by atoms with Crippen molar-refractivity contribution in [2.45, 2.75) is 52.7 Å². The maximum atomic E-state index is 9.63. The number of aryl methyl sites for hydroxylation is 2. The molecule has 0 saturated carbocycles. The average Bonchev–Trinajstić information content (AvgIpc) is 2.55. The van der Waals surface area contributed by atoms with E-state index in [9.17, 15) is 5.11 Å². The number of aliphatic hydroxyl groups is 1. The Hall–Kier alpha value is -0.800. The van der Waals surface area contributed by atoms with E-state index in [4.69, 9.17) is 4.42 Å². The van der Waals surface area contributed by atoms with Crippen LogP contribution in [0.3, 0.4) is 0 Å². The fourth-order valence-corrected chi connectivity index (χ4v) is 1.94. The van der Waals surface area contributed by atoms with Gasteiger partial charge in [-0.25, -0.2) is 0 Å². The lowest BCUT2D eigenvalue weighted by Crippen LogP contribution is -2.29. The van der Waals surface area contributed by atoms with Crippen molar-refractivity contribution in [3.63, 3.8) is 0 Å². The van der Waals surface area contributed by atoms with Gasteiger partial charge in [0.2, 0.25) is 0 Å². The van der Waals surface area contributed by atoms with Gasteiger partial charge in [0, 0.05) is 18.2 Å². The molecule has 0 spiro atoms. The van der Waals surface area contributed by atoms with Crippen LogP contribution in [0.1, 0.15) is 49.8 Å². The molecule has 2 unspecified atom stereocenters. The second-order valence-corrected chi connectivity index (χ2v) is 4.44. The summed E-state index contributed by atoms with van der Waals surface area (Å²) < 4.78 is 5.49. The summed E-state index contributed by atoms with van der Waals surface area (Å²) in [6.07, 6.45) is 1.62. The van der Waals surface area contributed by atoms with Crippen LogP contribution in [-0.2, 0) is 0 Å². The van der Waals surface area contributed by atoms with E-state index in [1.807, 2.05) is 13.8 Å². The lowest BCUT2D eigenvalue weighted by molar-refractivity contribution is 0.157. The van der Waals surface area contributed by atoms with Gasteiger partial charge in [-0.05, 0) is 33.3 Å². The van der Waals surface area contributed by atoms with Crippen LogP contribution >= 0.6 is 0 Å². The second kappa shape index (κ2) is 6.06. The lowest BCUT2D eigenvalue weighted by atomic mass is 10.1. The monoisotopic (exact) mass is 225 g/mol. The number of hydrogen-bond donors (Lipinski definition) is 2. The predicted octanol–water partition coefficient (Wildman–Crippen LogP) is 2.71. The highest BCUT2D eigenvalue weighted by Gasteiger charge is 2.13. The van der Waals surface area contributed by atoms with Gasteiger partial charge in [0.1, 0.15) is 11.5 Å². The van der Waals surface area contributed by atoms with E-state index in [1.54, 1.807) is 0 Å². The zero-order valence-electron chi connectivity index (χ0n) is 10.7. The molecule has 3 heteroatoms. The van der Waals surface area contributed by atoms with Crippen molar-refractivity contribution in [2.75, 3.05) is 6.54 Å². The van der Waals surface area contributed by atoms with E-state index in [-0.39, 0.29) is 12.1 Å². The fraction of sp³-hybridized carbons (Fsp3) is 0.692. The van der Waals surface area contributed by atoms with Crippen molar-refractivity contribution in [3.05, 3.63) is 23.2 Å². The number of rotatable bonds is 6. The molecule has 1 heterocycles. The summed E-state index contributed by atoms with van der Waals surface area (Å²) in [6, 6.07) is 2.28. The van der Waals surface area contributed by atoms with Crippen molar-refractivity contribution in [2.24, 2.45) is 0 Å². The van der Waals surface area contributed by atoms with E-state index in [2.05, 4.69) is 25.2 Å². The predicted molar refractivity (Wildman–Crippen MR) is 65.5 cm³/mol. The SMILES string of the molecule is CCCC(O)CNC(C)c1cc(C)oc1C. The van der Waals surface area contributed by atoms with Crippen LogP contribution in [0.2, 0.25) is 0 Å². The molecule has 1 rings (SSSR count). The lowest BCUT2D eigenvalue weighted by Gasteiger charge is -2.16. The molecule has 2 N–H and O–H groups in total. The number of furan rings is 1. The molecule has 16 heavy (non-hydrogen) atoms. The average molecular weight is 225 g/mol. The van der Waals surface area contributed by atoms with Crippen molar-refractivity contribution >= 4 is 0 Å². The van der Waals surface area contributed by atoms with Gasteiger partial charge < -0.3 is 14.8 Å². The summed E-state index contributed by atoms with van der Waals surface area (Å²) >= 11 is 0. The zero-order chi connectivity index (χ0) is 12.1. The molecule has 3 nitrogen and oxygen atoms in total. The van der Waals surface area contributed by atoms with Crippen LogP contribution in [0.5, 0.6) is 0 Å². The first kappa shape index (κ1) is 13.3. The Morgan fingerprint density at radius 2 is 2.12 bits per heavy atom. The Morgan fingerprint density at radius 3 is 2.62 bits per heavy atom. The first-order valence-corrected chi connectivity index (χ1v) is 6.03. The molecule has 92 valence electrons. The maximum Gasteiger partial charge on any atom is 0.105 e. The van der Waals surface area contributed by atoms with Gasteiger partial charge in [0.15, 0.2) is 0 Å². The van der Waals surface area contributed by atoms with Gasteiger partial charge in [-0.1, -0.05) is 13.3 Å². The normalized spacial score (nSPS) is 15.1. The highest BCUT2D eigenvalue weighted by atomic mass is 16.3. The van der Waals surface area contributed by atoms with Crippen molar-refractivity contribution in [3.8, 4) is 0 Å². The minimum atomic E-state index is -0.249. The number of aliphatic hydroxyl groups excluding tert-OH is 1. The summed E-state index contributed by atoms with van der Waals surface area (Å²) in [4.78, 5) is 0. The Labute approximate surface area is 97.9 Å². The molecule has 0 saturated heterocycles. The van der Waals surface area contributed by atoms with E-state index >= 15 is 0 Å². The van der Waals surface area contributed by atoms with Crippen LogP contribution in [0, 0.1) is 13.8 Å². The third-order valence-corrected chi connectivity index (χ3v) is 2.83. The van der Waals surface area contributed by atoms with Crippen molar-refractivity contribution < 1.29 is 9.52 Å². The molecule has 0 bridgehead atoms. The van der Waals surface area contributed by atoms with Gasteiger partial charge in [-0.3, -0.25) is 0 Å². The zero-order valence-corrected chi connectivity index (χ0v) is 10.7. The summed E-state index contributed by atoms with van der Waals surface area (Å²) in [5.74, 6) is 1.90. The molecule has 0 aliphatic carbocycles. The molecule has 0 fully saturated rings. The van der Waals surface area contributed by atoms with Gasteiger partial charge in [-0.15, -0.1) is 0 Å². The molecule has 1 aromatic heterocycles. The van der Waals surface area contributed by atoms with Crippen LogP contribution in [0.15, 0.2) is 10.5 Å². The van der Waals surface area contributed by atoms with Gasteiger partial charge in [0.05, 0.1) is 6.10 Å². The summed E-state index contributed by atoms with van der Waals surface area (Å²) in [6.45, 7) is 8.74. The molecule has 1 aromatic rings. The number of nitrogens with one attached hydrogen (secondary N) is 1. The molecule has 0 radical (unpaired) electrons. The van der Waals surface area contributed by atoms with E-state index in [1.165, 1.54) is 5.56 Å². The Morgan fingerprint density at radius 1 is 1.44 bits per heavy atom. The maximum absolute atomic E-state index is 9.63. The number of hydrogen-bond acceptors (Lipinski definition) is 3. The van der Waals surface area contributed by atoms with Crippen molar-refractivity contribution in [1.82, 2.24) is 5.32 Å². The summed E-state index contributed by atoms with van der Waals surface area (Å²) in [7, 11) is 0. The summed E-state index contributed by atoms with van der Waals surface area (Å²) in [5.41, 5.74) is 1.18. The molecule has 2 atom stereocenters. The van der Waals surface area contributed by atoms with Crippen molar-refractivity contribution in [1.29, 1.82) is 0 Å². The standard InChI is InChI=1S/C13H23NO2/c1-5-6-12(15)8-14-10(3)13-7-9(2)16-11(13)4/h7,10,12,14-15H,5-6,8H2,1-4H3. The minimum absolute atomic E-state index is 0.226. The molecule has 0 aromatic carbocycles. The third kappa shape index (κ3) is 3.65. The van der Waals surface area contributed by atoms with E-state index < -0.39 is 0 Å². The van der Waals surface area contributed by atoms with Crippen LogP contribution in [0.25, 0.3) is 0 Å². The Bertz CT molecular complexity index is 320. The first-order chi connectivity index (χ1) is 7.54. The Balaban J connectivity index is 2.46. The summed E-state index contributed by atoms with van der Waals surface area (Å²) in [5, 5.41) is 13.0. The van der Waals surface area contributed by atoms with Gasteiger partial charge >= 0.3 is 0 Å². The largest absolute Gasteiger partial charge is 0.466 e. The van der Waals surface area contributed by atoms with E-state index in [0.29, 0.717) is 6.54 Å². The van der Waals surface area contributed by atoms with Gasteiger partial charge in [0.25, 0.3) is 0 Å². The first-order valence-electron chi connectivity index (χ1n) is 6.03. The Kier molecular flexibility index (Phi) is 5.03. The third-order valence-electron chi connectivity index (χ3n) is 2.83. The quantitative estimate of drug-likeness (QED) is 0.782.